The Morgan fingerprint density at radius 1 is 1.05 bits per heavy atom. The van der Waals surface area contributed by atoms with Crippen LogP contribution in [0.5, 0.6) is 5.75 Å². The highest BCUT2D eigenvalue weighted by Gasteiger charge is 2.17. The van der Waals surface area contributed by atoms with Crippen molar-refractivity contribution < 1.29 is 5.11 Å². The fourth-order valence-electron chi connectivity index (χ4n) is 2.05. The summed E-state index contributed by atoms with van der Waals surface area (Å²) in [5.41, 5.74) is -0.0586. The molecule has 22 heavy (non-hydrogen) atoms. The summed E-state index contributed by atoms with van der Waals surface area (Å²) in [6, 6.07) is 10.1. The fraction of sp³-hybridized carbons (Fsp3) is 0. The first-order chi connectivity index (χ1) is 10.5. The van der Waals surface area contributed by atoms with Crippen molar-refractivity contribution in [1.82, 2.24) is 4.98 Å². The summed E-state index contributed by atoms with van der Waals surface area (Å²) in [6.07, 6.45) is 0. The smallest absolute Gasteiger partial charge is 0.266 e. The van der Waals surface area contributed by atoms with Crippen LogP contribution in [0.2, 0.25) is 15.1 Å². The molecule has 2 aromatic carbocycles. The highest BCUT2D eigenvalue weighted by molar-refractivity contribution is 7.99. The Bertz CT molecular complexity index is 940. The molecule has 0 spiro atoms. The molecule has 2 N–H and O–H groups in total. The number of H-pyrrole nitrogens is 1. The molecule has 0 bridgehead atoms. The Hall–Kier alpha value is -1.33. The number of hydrogen-bond donors (Lipinski definition) is 2. The van der Waals surface area contributed by atoms with Gasteiger partial charge in [-0.1, -0.05) is 58.7 Å². The molecule has 0 radical (unpaired) electrons. The molecule has 0 aliphatic carbocycles. The molecule has 0 saturated carbocycles. The maximum Gasteiger partial charge on any atom is 0.266 e. The first-order valence-electron chi connectivity index (χ1n) is 6.13. The minimum atomic E-state index is -0.437. The minimum absolute atomic E-state index is 0.129. The van der Waals surface area contributed by atoms with Gasteiger partial charge in [0.1, 0.15) is 10.6 Å². The molecular formula is C15H8Cl3NO2S. The van der Waals surface area contributed by atoms with Gasteiger partial charge in [-0.05, 0) is 24.3 Å². The number of hydrogen-bond acceptors (Lipinski definition) is 3. The second-order valence-electron chi connectivity index (χ2n) is 4.47. The van der Waals surface area contributed by atoms with Gasteiger partial charge in [0, 0.05) is 9.92 Å². The van der Waals surface area contributed by atoms with Crippen molar-refractivity contribution in [2.75, 3.05) is 0 Å². The first kappa shape index (κ1) is 15.6. The summed E-state index contributed by atoms with van der Waals surface area (Å²) in [6.45, 7) is 0. The number of rotatable bonds is 2. The molecular weight excluding hydrogens is 365 g/mol. The van der Waals surface area contributed by atoms with E-state index >= 15 is 0 Å². The number of pyridine rings is 1. The maximum atomic E-state index is 12.2. The van der Waals surface area contributed by atoms with Crippen molar-refractivity contribution in [2.45, 2.75) is 9.79 Å². The van der Waals surface area contributed by atoms with E-state index < -0.39 is 5.56 Å². The number of aromatic amines is 1. The second-order valence-corrected chi connectivity index (χ2v) is 6.78. The van der Waals surface area contributed by atoms with Gasteiger partial charge in [0.15, 0.2) is 0 Å². The Morgan fingerprint density at radius 2 is 1.77 bits per heavy atom. The molecule has 3 aromatic rings. The van der Waals surface area contributed by atoms with Crippen molar-refractivity contribution in [2.24, 2.45) is 0 Å². The molecule has 0 aliphatic heterocycles. The lowest BCUT2D eigenvalue weighted by Crippen LogP contribution is -2.08. The summed E-state index contributed by atoms with van der Waals surface area (Å²) in [5.74, 6) is -0.190. The number of nitrogens with one attached hydrogen (secondary N) is 1. The van der Waals surface area contributed by atoms with E-state index in [0.717, 1.165) is 11.8 Å². The van der Waals surface area contributed by atoms with E-state index in [1.54, 1.807) is 24.3 Å². The topological polar surface area (TPSA) is 53.1 Å². The highest BCUT2D eigenvalue weighted by atomic mass is 35.5. The number of halogens is 3. The largest absolute Gasteiger partial charge is 0.506 e. The zero-order valence-corrected chi connectivity index (χ0v) is 13.9. The van der Waals surface area contributed by atoms with Crippen LogP contribution in [0.3, 0.4) is 0 Å². The predicted molar refractivity (Wildman–Crippen MR) is 91.8 cm³/mol. The molecule has 0 unspecified atom stereocenters. The van der Waals surface area contributed by atoms with Crippen LogP contribution in [0.4, 0.5) is 0 Å². The lowest BCUT2D eigenvalue weighted by atomic mass is 10.2. The van der Waals surface area contributed by atoms with Gasteiger partial charge < -0.3 is 10.1 Å². The van der Waals surface area contributed by atoms with Gasteiger partial charge in [-0.25, -0.2) is 0 Å². The highest BCUT2D eigenvalue weighted by Crippen LogP contribution is 2.41. The Kier molecular flexibility index (Phi) is 4.28. The SMILES string of the molecule is O=c1[nH]c2cc(Cl)cc(Cl)c2c(O)c1Sc1ccccc1Cl. The van der Waals surface area contributed by atoms with Gasteiger partial charge in [-0.3, -0.25) is 4.79 Å². The average molecular weight is 373 g/mol. The molecule has 3 rings (SSSR count). The van der Waals surface area contributed by atoms with Crippen LogP contribution in [0.1, 0.15) is 0 Å². The molecule has 3 nitrogen and oxygen atoms in total. The van der Waals surface area contributed by atoms with Crippen LogP contribution in [0.15, 0.2) is 51.0 Å². The van der Waals surface area contributed by atoms with E-state index in [0.29, 0.717) is 25.8 Å². The van der Waals surface area contributed by atoms with Crippen molar-refractivity contribution in [3.8, 4) is 5.75 Å². The molecule has 112 valence electrons. The lowest BCUT2D eigenvalue weighted by Gasteiger charge is -2.09. The molecule has 0 amide bonds. The normalized spacial score (nSPS) is 11.0. The second kappa shape index (κ2) is 6.05. The summed E-state index contributed by atoms with van der Waals surface area (Å²) in [7, 11) is 0. The summed E-state index contributed by atoms with van der Waals surface area (Å²) >= 11 is 19.2. The fourth-order valence-corrected chi connectivity index (χ4v) is 3.75. The van der Waals surface area contributed by atoms with Crippen molar-refractivity contribution in [1.29, 1.82) is 0 Å². The van der Waals surface area contributed by atoms with Gasteiger partial charge in [0.2, 0.25) is 0 Å². The number of aromatic nitrogens is 1. The minimum Gasteiger partial charge on any atom is -0.506 e. The molecule has 7 heteroatoms. The third-order valence-electron chi connectivity index (χ3n) is 3.01. The zero-order chi connectivity index (χ0) is 15.9. The zero-order valence-electron chi connectivity index (χ0n) is 10.9. The number of benzene rings is 2. The molecule has 0 saturated heterocycles. The maximum absolute atomic E-state index is 12.2. The van der Waals surface area contributed by atoms with E-state index in [1.807, 2.05) is 0 Å². The summed E-state index contributed by atoms with van der Waals surface area (Å²) < 4.78 is 0. The molecule has 0 fully saturated rings. The van der Waals surface area contributed by atoms with Gasteiger partial charge in [0.05, 0.1) is 20.9 Å². The van der Waals surface area contributed by atoms with Gasteiger partial charge in [0.25, 0.3) is 5.56 Å². The number of fused-ring (bicyclic) bond motifs is 1. The van der Waals surface area contributed by atoms with E-state index in [1.165, 1.54) is 12.1 Å². The Balaban J connectivity index is 2.23. The lowest BCUT2D eigenvalue weighted by molar-refractivity contribution is 0.467. The monoisotopic (exact) mass is 371 g/mol. The third-order valence-corrected chi connectivity index (χ3v) is 5.13. The average Bonchev–Trinajstić information content (AvgIpc) is 2.44. The Labute approximate surface area is 144 Å². The first-order valence-corrected chi connectivity index (χ1v) is 8.09. The van der Waals surface area contributed by atoms with E-state index in [4.69, 9.17) is 34.8 Å². The van der Waals surface area contributed by atoms with Crippen LogP contribution >= 0.6 is 46.6 Å². The van der Waals surface area contributed by atoms with Crippen LogP contribution in [0, 0.1) is 0 Å². The van der Waals surface area contributed by atoms with Crippen LogP contribution in [-0.4, -0.2) is 10.1 Å². The molecule has 1 aromatic heterocycles. The van der Waals surface area contributed by atoms with Gasteiger partial charge in [-0.15, -0.1) is 0 Å². The quantitative estimate of drug-likeness (QED) is 0.638. The van der Waals surface area contributed by atoms with Crippen LogP contribution in [-0.2, 0) is 0 Å². The molecule has 0 atom stereocenters. The van der Waals surface area contributed by atoms with E-state index in [9.17, 15) is 9.90 Å². The van der Waals surface area contributed by atoms with E-state index in [-0.39, 0.29) is 15.7 Å². The van der Waals surface area contributed by atoms with E-state index in [2.05, 4.69) is 4.98 Å². The number of aromatic hydroxyl groups is 1. The van der Waals surface area contributed by atoms with Gasteiger partial charge >= 0.3 is 0 Å². The van der Waals surface area contributed by atoms with Gasteiger partial charge in [-0.2, -0.15) is 0 Å². The van der Waals surface area contributed by atoms with Crippen molar-refractivity contribution >= 4 is 57.5 Å². The third kappa shape index (κ3) is 2.79. The summed E-state index contributed by atoms with van der Waals surface area (Å²) in [5, 5.41) is 11.9. The van der Waals surface area contributed by atoms with Crippen LogP contribution < -0.4 is 5.56 Å². The van der Waals surface area contributed by atoms with Crippen LogP contribution in [0.25, 0.3) is 10.9 Å². The Morgan fingerprint density at radius 3 is 2.50 bits per heavy atom. The molecule has 1 heterocycles. The molecule has 0 aliphatic rings. The summed E-state index contributed by atoms with van der Waals surface area (Å²) in [4.78, 5) is 15.7. The standard InChI is InChI=1S/C15H8Cl3NO2S/c16-7-5-9(18)12-10(6-7)19-15(21)14(13(12)20)22-11-4-2-1-3-8(11)17/h1-6H,(H2,19,20,21). The predicted octanol–water partition coefficient (Wildman–Crippen LogP) is 5.35. The van der Waals surface area contributed by atoms with Crippen molar-refractivity contribution in [3.05, 3.63) is 61.8 Å². The van der Waals surface area contributed by atoms with Crippen molar-refractivity contribution in [3.63, 3.8) is 0 Å².